The molecule has 1 aromatic rings. The van der Waals surface area contributed by atoms with Gasteiger partial charge in [0.25, 0.3) is 0 Å². The molecule has 12 heavy (non-hydrogen) atoms. The number of carbonyl (C=O) groups is 1. The monoisotopic (exact) mass is 166 g/mol. The molecule has 0 fully saturated rings. The molecule has 0 aliphatic carbocycles. The molecule has 0 bridgehead atoms. The predicted molar refractivity (Wildman–Crippen MR) is 42.9 cm³/mol. The average molecular weight is 166 g/mol. The van der Waals surface area contributed by atoms with E-state index in [1.165, 1.54) is 0 Å². The van der Waals surface area contributed by atoms with Gasteiger partial charge in [-0.3, -0.25) is 4.79 Å². The first-order chi connectivity index (χ1) is 5.65. The van der Waals surface area contributed by atoms with Gasteiger partial charge < -0.3 is 5.11 Å². The smallest absolute Gasteiger partial charge is 0.208 e. The maximum atomic E-state index is 11.0. The van der Waals surface area contributed by atoms with E-state index in [9.17, 15) is 4.79 Å². The molecule has 0 spiro atoms. The number of hydrogen-bond donors (Lipinski definition) is 1. The summed E-state index contributed by atoms with van der Waals surface area (Å²) in [6.07, 6.45) is 0. The first kappa shape index (κ1) is 8.80. The number of aryl methyl sites for hydroxylation is 2. The molecule has 4 heteroatoms. The SMILES string of the molecule is Cc1cc(C)c(C(=O)CO)nn1. The van der Waals surface area contributed by atoms with Crippen LogP contribution in [-0.2, 0) is 0 Å². The van der Waals surface area contributed by atoms with Gasteiger partial charge in [-0.2, -0.15) is 5.10 Å². The number of rotatable bonds is 2. The molecule has 1 heterocycles. The van der Waals surface area contributed by atoms with Crippen molar-refractivity contribution in [3.63, 3.8) is 0 Å². The average Bonchev–Trinajstić information content (AvgIpc) is 2.03. The van der Waals surface area contributed by atoms with Crippen molar-refractivity contribution in [1.82, 2.24) is 10.2 Å². The second-order valence-electron chi connectivity index (χ2n) is 2.60. The molecule has 0 atom stereocenters. The summed E-state index contributed by atoms with van der Waals surface area (Å²) in [7, 11) is 0. The van der Waals surface area contributed by atoms with E-state index in [1.807, 2.05) is 0 Å². The van der Waals surface area contributed by atoms with Crippen molar-refractivity contribution < 1.29 is 9.90 Å². The number of carbonyl (C=O) groups excluding carboxylic acids is 1. The van der Waals surface area contributed by atoms with E-state index in [0.29, 0.717) is 0 Å². The van der Waals surface area contributed by atoms with E-state index < -0.39 is 6.61 Å². The molecular formula is C8H10N2O2. The summed E-state index contributed by atoms with van der Waals surface area (Å²) in [5, 5.41) is 16.0. The fourth-order valence-corrected chi connectivity index (χ4v) is 0.969. The summed E-state index contributed by atoms with van der Waals surface area (Å²) in [6.45, 7) is 3.05. The molecule has 4 nitrogen and oxygen atoms in total. The van der Waals surface area contributed by atoms with Gasteiger partial charge in [-0.05, 0) is 25.5 Å². The Morgan fingerprint density at radius 3 is 2.67 bits per heavy atom. The predicted octanol–water partition coefficient (Wildman–Crippen LogP) is 0.268. The van der Waals surface area contributed by atoms with Crippen LogP contribution in [0.1, 0.15) is 21.7 Å². The third-order valence-corrected chi connectivity index (χ3v) is 1.51. The molecular weight excluding hydrogens is 156 g/mol. The lowest BCUT2D eigenvalue weighted by atomic mass is 10.1. The Kier molecular flexibility index (Phi) is 2.50. The molecule has 0 radical (unpaired) electrons. The Labute approximate surface area is 70.3 Å². The van der Waals surface area contributed by atoms with E-state index in [-0.39, 0.29) is 11.5 Å². The normalized spacial score (nSPS) is 9.92. The van der Waals surface area contributed by atoms with Gasteiger partial charge in [0.1, 0.15) is 12.3 Å². The molecule has 1 aromatic heterocycles. The maximum Gasteiger partial charge on any atom is 0.208 e. The van der Waals surface area contributed by atoms with Crippen molar-refractivity contribution in [3.8, 4) is 0 Å². The van der Waals surface area contributed by atoms with Gasteiger partial charge in [0.05, 0.1) is 5.69 Å². The second kappa shape index (κ2) is 3.40. The Balaban J connectivity index is 3.09. The molecule has 0 saturated heterocycles. The lowest BCUT2D eigenvalue weighted by Gasteiger charge is -2.00. The van der Waals surface area contributed by atoms with Crippen LogP contribution in [0.15, 0.2) is 6.07 Å². The zero-order valence-electron chi connectivity index (χ0n) is 7.03. The number of ketones is 1. The van der Waals surface area contributed by atoms with Crippen LogP contribution in [0.2, 0.25) is 0 Å². The topological polar surface area (TPSA) is 63.1 Å². The summed E-state index contributed by atoms with van der Waals surface area (Å²) in [5.41, 5.74) is 1.77. The Morgan fingerprint density at radius 2 is 2.17 bits per heavy atom. The standard InChI is InChI=1S/C8H10N2O2/c1-5-3-6(2)9-10-8(5)7(12)4-11/h3,11H,4H2,1-2H3. The highest BCUT2D eigenvalue weighted by Crippen LogP contribution is 2.04. The van der Waals surface area contributed by atoms with Crippen molar-refractivity contribution in [1.29, 1.82) is 0 Å². The van der Waals surface area contributed by atoms with E-state index in [0.717, 1.165) is 11.3 Å². The van der Waals surface area contributed by atoms with Gasteiger partial charge in [-0.15, -0.1) is 5.10 Å². The molecule has 64 valence electrons. The summed E-state index contributed by atoms with van der Waals surface area (Å²) in [6, 6.07) is 1.76. The minimum Gasteiger partial charge on any atom is -0.388 e. The van der Waals surface area contributed by atoms with Crippen LogP contribution in [0.25, 0.3) is 0 Å². The van der Waals surface area contributed by atoms with Gasteiger partial charge in [-0.25, -0.2) is 0 Å². The van der Waals surface area contributed by atoms with Gasteiger partial charge >= 0.3 is 0 Å². The number of hydrogen-bond acceptors (Lipinski definition) is 4. The van der Waals surface area contributed by atoms with Gasteiger partial charge in [0, 0.05) is 0 Å². The van der Waals surface area contributed by atoms with Crippen molar-refractivity contribution >= 4 is 5.78 Å². The number of nitrogens with zero attached hydrogens (tertiary/aromatic N) is 2. The van der Waals surface area contributed by atoms with Crippen molar-refractivity contribution in [2.45, 2.75) is 13.8 Å². The summed E-state index contributed by atoms with van der Waals surface area (Å²) < 4.78 is 0. The van der Waals surface area contributed by atoms with Crippen LogP contribution < -0.4 is 0 Å². The molecule has 0 unspecified atom stereocenters. The van der Waals surface area contributed by atoms with Crippen LogP contribution in [0.5, 0.6) is 0 Å². The third kappa shape index (κ3) is 1.65. The number of aromatic nitrogens is 2. The van der Waals surface area contributed by atoms with Crippen LogP contribution >= 0.6 is 0 Å². The van der Waals surface area contributed by atoms with Crippen molar-refractivity contribution in [2.75, 3.05) is 6.61 Å². The zero-order valence-corrected chi connectivity index (χ0v) is 7.03. The Hall–Kier alpha value is -1.29. The first-order valence-electron chi connectivity index (χ1n) is 3.60. The number of aliphatic hydroxyl groups is 1. The molecule has 0 aliphatic heterocycles. The number of Topliss-reactive ketones (excluding diaryl/α,β-unsaturated/α-hetero) is 1. The minimum absolute atomic E-state index is 0.253. The van der Waals surface area contributed by atoms with E-state index >= 15 is 0 Å². The van der Waals surface area contributed by atoms with E-state index in [1.54, 1.807) is 19.9 Å². The number of aliphatic hydroxyl groups excluding tert-OH is 1. The maximum absolute atomic E-state index is 11.0. The lowest BCUT2D eigenvalue weighted by molar-refractivity contribution is 0.0897. The summed E-state index contributed by atoms with van der Waals surface area (Å²) in [5.74, 6) is -0.389. The lowest BCUT2D eigenvalue weighted by Crippen LogP contribution is -2.10. The molecule has 0 amide bonds. The van der Waals surface area contributed by atoms with E-state index in [2.05, 4.69) is 10.2 Å². The second-order valence-corrected chi connectivity index (χ2v) is 2.60. The largest absolute Gasteiger partial charge is 0.388 e. The zero-order chi connectivity index (χ0) is 9.14. The van der Waals surface area contributed by atoms with Crippen LogP contribution in [0.3, 0.4) is 0 Å². The fraction of sp³-hybridized carbons (Fsp3) is 0.375. The third-order valence-electron chi connectivity index (χ3n) is 1.51. The fourth-order valence-electron chi connectivity index (χ4n) is 0.969. The molecule has 0 saturated carbocycles. The quantitative estimate of drug-likeness (QED) is 0.640. The van der Waals surface area contributed by atoms with Crippen molar-refractivity contribution in [3.05, 3.63) is 23.0 Å². The van der Waals surface area contributed by atoms with Crippen LogP contribution in [-0.4, -0.2) is 27.7 Å². The molecule has 1 rings (SSSR count). The van der Waals surface area contributed by atoms with Crippen LogP contribution in [0.4, 0.5) is 0 Å². The summed E-state index contributed by atoms with van der Waals surface area (Å²) in [4.78, 5) is 11.0. The first-order valence-corrected chi connectivity index (χ1v) is 3.60. The van der Waals surface area contributed by atoms with Gasteiger partial charge in [-0.1, -0.05) is 0 Å². The molecule has 0 aromatic carbocycles. The molecule has 1 N–H and O–H groups in total. The Bertz CT molecular complexity index is 310. The van der Waals surface area contributed by atoms with Gasteiger partial charge in [0.15, 0.2) is 0 Å². The highest BCUT2D eigenvalue weighted by molar-refractivity contribution is 5.96. The van der Waals surface area contributed by atoms with Crippen molar-refractivity contribution in [2.24, 2.45) is 0 Å². The highest BCUT2D eigenvalue weighted by Gasteiger charge is 2.09. The minimum atomic E-state index is -0.515. The summed E-state index contributed by atoms with van der Waals surface area (Å²) >= 11 is 0. The highest BCUT2D eigenvalue weighted by atomic mass is 16.3. The molecule has 0 aliphatic rings. The Morgan fingerprint density at radius 1 is 1.50 bits per heavy atom. The van der Waals surface area contributed by atoms with Gasteiger partial charge in [0.2, 0.25) is 5.78 Å². The van der Waals surface area contributed by atoms with Crippen LogP contribution in [0, 0.1) is 13.8 Å². The van der Waals surface area contributed by atoms with E-state index in [4.69, 9.17) is 5.11 Å².